The van der Waals surface area contributed by atoms with E-state index in [1.165, 1.54) is 6.07 Å². The van der Waals surface area contributed by atoms with Gasteiger partial charge in [0, 0.05) is 39.9 Å². The molecule has 1 aliphatic carbocycles. The molecular formula is C28H26FN5O. The van der Waals surface area contributed by atoms with E-state index in [2.05, 4.69) is 18.8 Å². The van der Waals surface area contributed by atoms with Gasteiger partial charge in [-0.15, -0.1) is 0 Å². The zero-order valence-electron chi connectivity index (χ0n) is 19.6. The van der Waals surface area contributed by atoms with Crippen molar-refractivity contribution in [1.82, 2.24) is 19.6 Å². The summed E-state index contributed by atoms with van der Waals surface area (Å²) in [4.78, 5) is 9.59. The third-order valence-corrected chi connectivity index (χ3v) is 6.97. The van der Waals surface area contributed by atoms with Crippen LogP contribution in [0.3, 0.4) is 0 Å². The number of aliphatic hydroxyl groups excluding tert-OH is 1. The molecule has 0 unspecified atom stereocenters. The monoisotopic (exact) mass is 467 g/mol. The highest BCUT2D eigenvalue weighted by atomic mass is 19.1. The van der Waals surface area contributed by atoms with Crippen LogP contribution in [0, 0.1) is 5.82 Å². The molecule has 3 N–H and O–H groups in total. The number of fused-ring (bicyclic) bond motifs is 3. The molecule has 6 rings (SSSR count). The first-order chi connectivity index (χ1) is 16.8. The number of rotatable bonds is 4. The Morgan fingerprint density at radius 3 is 2.49 bits per heavy atom. The summed E-state index contributed by atoms with van der Waals surface area (Å²) in [6.07, 6.45) is 2.50. The quantitative estimate of drug-likeness (QED) is 0.380. The van der Waals surface area contributed by atoms with Gasteiger partial charge in [-0.3, -0.25) is 0 Å². The standard InChI is InChI=1S/C28H26FN5O/c1-16(2)24-12-25-31-15-18-11-22(21-5-3-4-6-23(21)29)26(32-27(18)34(25)33-24)17-7-9-19(10-8-17)28(30)13-20(35)14-28/h3-12,15-16,20,35H,13-14,30H2,1-2H3. The number of halogens is 1. The lowest BCUT2D eigenvalue weighted by Gasteiger charge is -2.42. The Balaban J connectivity index is 1.57. The first kappa shape index (κ1) is 21.8. The van der Waals surface area contributed by atoms with Crippen molar-refractivity contribution in [2.24, 2.45) is 5.73 Å². The van der Waals surface area contributed by atoms with Gasteiger partial charge in [-0.05, 0) is 36.5 Å². The Kier molecular flexibility index (Phi) is 4.95. The van der Waals surface area contributed by atoms with E-state index in [-0.39, 0.29) is 17.8 Å². The van der Waals surface area contributed by atoms with Gasteiger partial charge >= 0.3 is 0 Å². The summed E-state index contributed by atoms with van der Waals surface area (Å²) in [6, 6.07) is 18.5. The van der Waals surface area contributed by atoms with E-state index in [4.69, 9.17) is 15.8 Å². The van der Waals surface area contributed by atoms with Crippen molar-refractivity contribution in [3.8, 4) is 22.4 Å². The minimum Gasteiger partial charge on any atom is -0.393 e. The number of aromatic nitrogens is 4. The summed E-state index contributed by atoms with van der Waals surface area (Å²) in [5.74, 6) is -0.0591. The molecule has 0 amide bonds. The molecule has 5 aromatic rings. The molecule has 0 saturated heterocycles. The van der Waals surface area contributed by atoms with Crippen molar-refractivity contribution >= 4 is 16.7 Å². The Morgan fingerprint density at radius 2 is 1.80 bits per heavy atom. The summed E-state index contributed by atoms with van der Waals surface area (Å²) >= 11 is 0. The molecule has 0 bridgehead atoms. The second kappa shape index (κ2) is 7.93. The first-order valence-electron chi connectivity index (χ1n) is 11.8. The largest absolute Gasteiger partial charge is 0.393 e. The van der Waals surface area contributed by atoms with Crippen LogP contribution >= 0.6 is 0 Å². The minimum absolute atomic E-state index is 0.255. The molecular weight excluding hydrogens is 441 g/mol. The Labute approximate surface area is 202 Å². The molecule has 0 spiro atoms. The normalized spacial score (nSPS) is 20.0. The van der Waals surface area contributed by atoms with Gasteiger partial charge in [0.15, 0.2) is 11.3 Å². The van der Waals surface area contributed by atoms with E-state index in [0.29, 0.717) is 35.3 Å². The van der Waals surface area contributed by atoms with E-state index < -0.39 is 5.54 Å². The molecule has 1 aliphatic rings. The predicted molar refractivity (Wildman–Crippen MR) is 134 cm³/mol. The van der Waals surface area contributed by atoms with Crippen molar-refractivity contribution in [3.05, 3.63) is 83.9 Å². The van der Waals surface area contributed by atoms with Crippen LogP contribution in [0.1, 0.15) is 43.9 Å². The predicted octanol–water partition coefficient (Wildman–Crippen LogP) is 5.18. The van der Waals surface area contributed by atoms with Crippen LogP contribution in [0.4, 0.5) is 4.39 Å². The van der Waals surface area contributed by atoms with Crippen molar-refractivity contribution < 1.29 is 9.50 Å². The Hall–Kier alpha value is -3.68. The molecule has 35 heavy (non-hydrogen) atoms. The molecule has 0 radical (unpaired) electrons. The van der Waals surface area contributed by atoms with Crippen molar-refractivity contribution in [3.63, 3.8) is 0 Å². The van der Waals surface area contributed by atoms with Crippen molar-refractivity contribution in [1.29, 1.82) is 0 Å². The number of hydrogen-bond acceptors (Lipinski definition) is 5. The van der Waals surface area contributed by atoms with E-state index in [0.717, 1.165) is 27.9 Å². The summed E-state index contributed by atoms with van der Waals surface area (Å²) < 4.78 is 16.7. The zero-order valence-corrected chi connectivity index (χ0v) is 19.6. The van der Waals surface area contributed by atoms with Crippen molar-refractivity contribution in [2.45, 2.75) is 44.2 Å². The van der Waals surface area contributed by atoms with Crippen LogP contribution in [0.15, 0.2) is 66.9 Å². The van der Waals surface area contributed by atoms with Crippen LogP contribution in [0.25, 0.3) is 39.1 Å². The fourth-order valence-electron chi connectivity index (χ4n) is 4.92. The highest BCUT2D eigenvalue weighted by molar-refractivity contribution is 5.90. The van der Waals surface area contributed by atoms with Crippen LogP contribution in [0.5, 0.6) is 0 Å². The molecule has 2 aromatic carbocycles. The molecule has 3 aromatic heterocycles. The van der Waals surface area contributed by atoms with Crippen LogP contribution < -0.4 is 5.73 Å². The maximum atomic E-state index is 14.9. The molecule has 3 heterocycles. The molecule has 7 heteroatoms. The average molecular weight is 468 g/mol. The molecule has 1 saturated carbocycles. The maximum Gasteiger partial charge on any atom is 0.165 e. The third-order valence-electron chi connectivity index (χ3n) is 6.97. The second-order valence-corrected chi connectivity index (χ2v) is 9.82. The van der Waals surface area contributed by atoms with Gasteiger partial charge in [0.25, 0.3) is 0 Å². The van der Waals surface area contributed by atoms with Crippen molar-refractivity contribution in [2.75, 3.05) is 0 Å². The van der Waals surface area contributed by atoms with Gasteiger partial charge in [0.1, 0.15) is 5.82 Å². The topological polar surface area (TPSA) is 89.3 Å². The fourth-order valence-corrected chi connectivity index (χ4v) is 4.92. The molecule has 176 valence electrons. The average Bonchev–Trinajstić information content (AvgIpc) is 3.28. The lowest BCUT2D eigenvalue weighted by atomic mass is 9.70. The van der Waals surface area contributed by atoms with Crippen LogP contribution in [-0.4, -0.2) is 30.8 Å². The maximum absolute atomic E-state index is 14.9. The Bertz CT molecular complexity index is 1570. The van der Waals surface area contributed by atoms with Gasteiger partial charge in [-0.1, -0.05) is 56.3 Å². The number of benzene rings is 2. The van der Waals surface area contributed by atoms with E-state index in [1.54, 1.807) is 22.8 Å². The van der Waals surface area contributed by atoms with Gasteiger partial charge < -0.3 is 10.8 Å². The lowest BCUT2D eigenvalue weighted by Crippen LogP contribution is -2.51. The number of aliphatic hydroxyl groups is 1. The first-order valence-corrected chi connectivity index (χ1v) is 11.8. The highest BCUT2D eigenvalue weighted by Crippen LogP contribution is 2.40. The van der Waals surface area contributed by atoms with E-state index in [1.807, 2.05) is 42.5 Å². The molecule has 1 fully saturated rings. The van der Waals surface area contributed by atoms with Gasteiger partial charge in [-0.2, -0.15) is 9.61 Å². The highest BCUT2D eigenvalue weighted by Gasteiger charge is 2.41. The summed E-state index contributed by atoms with van der Waals surface area (Å²) in [5, 5.41) is 15.3. The number of pyridine rings is 1. The van der Waals surface area contributed by atoms with Gasteiger partial charge in [0.05, 0.1) is 17.5 Å². The van der Waals surface area contributed by atoms with E-state index >= 15 is 0 Å². The second-order valence-electron chi connectivity index (χ2n) is 9.82. The molecule has 0 aliphatic heterocycles. The minimum atomic E-state index is -0.511. The number of nitrogens with zero attached hydrogens (tertiary/aromatic N) is 4. The summed E-state index contributed by atoms with van der Waals surface area (Å²) in [6.45, 7) is 4.18. The Morgan fingerprint density at radius 1 is 1.06 bits per heavy atom. The lowest BCUT2D eigenvalue weighted by molar-refractivity contribution is 0.0209. The fraction of sp³-hybridized carbons (Fsp3) is 0.250. The summed E-state index contributed by atoms with van der Waals surface area (Å²) in [5.41, 5.74) is 11.9. The number of hydrogen-bond donors (Lipinski definition) is 2. The smallest absolute Gasteiger partial charge is 0.165 e. The third kappa shape index (κ3) is 3.59. The number of nitrogens with two attached hydrogens (primary N) is 1. The zero-order chi connectivity index (χ0) is 24.3. The van der Waals surface area contributed by atoms with Crippen LogP contribution in [0.2, 0.25) is 0 Å². The van der Waals surface area contributed by atoms with Crippen LogP contribution in [-0.2, 0) is 5.54 Å². The molecule has 0 atom stereocenters. The van der Waals surface area contributed by atoms with Gasteiger partial charge in [-0.25, -0.2) is 14.4 Å². The van der Waals surface area contributed by atoms with E-state index in [9.17, 15) is 9.50 Å². The SMILES string of the molecule is CC(C)c1cc2ncc3cc(-c4ccccc4F)c(-c4ccc(C5(N)CC(O)C5)cc4)nc3n2n1. The van der Waals surface area contributed by atoms with Gasteiger partial charge in [0.2, 0.25) is 0 Å². The molecule has 6 nitrogen and oxygen atoms in total. The summed E-state index contributed by atoms with van der Waals surface area (Å²) in [7, 11) is 0.